The molecule has 1 aliphatic rings. The Morgan fingerprint density at radius 2 is 1.92 bits per heavy atom. The molecular formula is C29H25N7OS. The van der Waals surface area contributed by atoms with E-state index in [2.05, 4.69) is 53.4 Å². The molecule has 0 spiro atoms. The fourth-order valence-corrected chi connectivity index (χ4v) is 5.99. The molecule has 38 heavy (non-hydrogen) atoms. The Morgan fingerprint density at radius 1 is 1.00 bits per heavy atom. The number of benzene rings is 1. The highest BCUT2D eigenvalue weighted by molar-refractivity contribution is 7.08. The summed E-state index contributed by atoms with van der Waals surface area (Å²) in [7, 11) is 0. The average molecular weight is 520 g/mol. The lowest BCUT2D eigenvalue weighted by Gasteiger charge is -2.20. The predicted octanol–water partition coefficient (Wildman–Crippen LogP) is 6.81. The molecule has 7 rings (SSSR count). The van der Waals surface area contributed by atoms with E-state index in [4.69, 9.17) is 4.98 Å². The first-order valence-electron chi connectivity index (χ1n) is 12.8. The van der Waals surface area contributed by atoms with Crippen LogP contribution in [-0.4, -0.2) is 36.0 Å². The summed E-state index contributed by atoms with van der Waals surface area (Å²) in [6.45, 7) is 0. The first kappa shape index (κ1) is 22.8. The second kappa shape index (κ2) is 9.50. The molecule has 5 aromatic heterocycles. The van der Waals surface area contributed by atoms with Gasteiger partial charge in [0.1, 0.15) is 5.69 Å². The minimum absolute atomic E-state index is 0.0933. The monoisotopic (exact) mass is 519 g/mol. The lowest BCUT2D eigenvalue weighted by molar-refractivity contribution is -0.120. The number of aromatic nitrogens is 6. The zero-order valence-electron chi connectivity index (χ0n) is 20.6. The van der Waals surface area contributed by atoms with Crippen molar-refractivity contribution in [3.63, 3.8) is 0 Å². The number of hydrogen-bond donors (Lipinski definition) is 3. The number of hydrogen-bond acceptors (Lipinski definition) is 6. The van der Waals surface area contributed by atoms with E-state index >= 15 is 0 Å². The van der Waals surface area contributed by atoms with Gasteiger partial charge >= 0.3 is 0 Å². The Labute approximate surface area is 222 Å². The van der Waals surface area contributed by atoms with Gasteiger partial charge in [0.05, 0.1) is 22.9 Å². The summed E-state index contributed by atoms with van der Waals surface area (Å²) in [6.07, 6.45) is 10.7. The summed E-state index contributed by atoms with van der Waals surface area (Å²) in [5, 5.41) is 15.9. The van der Waals surface area contributed by atoms with Crippen molar-refractivity contribution < 1.29 is 4.79 Å². The Kier molecular flexibility index (Phi) is 5.70. The number of rotatable bonds is 5. The van der Waals surface area contributed by atoms with Crippen LogP contribution in [0.25, 0.3) is 55.8 Å². The highest BCUT2D eigenvalue weighted by atomic mass is 32.1. The summed E-state index contributed by atoms with van der Waals surface area (Å²) < 4.78 is 0. The molecule has 0 saturated heterocycles. The number of imidazole rings is 1. The van der Waals surface area contributed by atoms with Gasteiger partial charge in [-0.15, -0.1) is 0 Å². The van der Waals surface area contributed by atoms with Gasteiger partial charge in [0.15, 0.2) is 11.5 Å². The topological polar surface area (TPSA) is 112 Å². The molecule has 1 aliphatic carbocycles. The Balaban J connectivity index is 1.23. The number of aromatic amines is 2. The van der Waals surface area contributed by atoms with Crippen molar-refractivity contribution in [2.24, 2.45) is 5.92 Å². The number of carbonyl (C=O) groups is 1. The van der Waals surface area contributed by atoms with E-state index in [1.807, 2.05) is 30.5 Å². The van der Waals surface area contributed by atoms with Crippen molar-refractivity contribution in [1.82, 2.24) is 30.1 Å². The molecule has 1 amide bonds. The first-order chi connectivity index (χ1) is 18.7. The zero-order valence-corrected chi connectivity index (χ0v) is 21.4. The van der Waals surface area contributed by atoms with Crippen LogP contribution in [0.3, 0.4) is 0 Å². The minimum atomic E-state index is 0.0933. The number of fused-ring (bicyclic) bond motifs is 2. The van der Waals surface area contributed by atoms with Gasteiger partial charge in [-0.25, -0.2) is 9.97 Å². The van der Waals surface area contributed by atoms with Crippen LogP contribution < -0.4 is 5.32 Å². The number of thiophene rings is 1. The minimum Gasteiger partial charge on any atom is -0.335 e. The Bertz CT molecular complexity index is 1760. The van der Waals surface area contributed by atoms with Gasteiger partial charge < -0.3 is 10.3 Å². The van der Waals surface area contributed by atoms with Gasteiger partial charge in [-0.05, 0) is 65.1 Å². The average Bonchev–Trinajstić information content (AvgIpc) is 3.73. The Hall–Kier alpha value is -4.37. The maximum Gasteiger partial charge on any atom is 0.227 e. The van der Waals surface area contributed by atoms with Crippen LogP contribution in [0.4, 0.5) is 5.69 Å². The molecule has 6 aromatic rings. The second-order valence-electron chi connectivity index (χ2n) is 9.77. The molecule has 0 atom stereocenters. The van der Waals surface area contributed by atoms with Gasteiger partial charge in [-0.2, -0.15) is 16.4 Å². The van der Waals surface area contributed by atoms with Gasteiger partial charge in [0.25, 0.3) is 0 Å². The molecule has 0 unspecified atom stereocenters. The Morgan fingerprint density at radius 3 is 2.79 bits per heavy atom. The van der Waals surface area contributed by atoms with Crippen molar-refractivity contribution in [2.75, 3.05) is 5.32 Å². The lowest BCUT2D eigenvalue weighted by atomic mass is 9.88. The number of amides is 1. The number of anilines is 1. The van der Waals surface area contributed by atoms with Crippen molar-refractivity contribution in [1.29, 1.82) is 0 Å². The predicted molar refractivity (Wildman–Crippen MR) is 151 cm³/mol. The zero-order chi connectivity index (χ0) is 25.5. The van der Waals surface area contributed by atoms with E-state index in [0.29, 0.717) is 11.5 Å². The van der Waals surface area contributed by atoms with Crippen LogP contribution in [0.1, 0.15) is 32.1 Å². The molecule has 0 bridgehead atoms. The summed E-state index contributed by atoms with van der Waals surface area (Å²) >= 11 is 1.66. The molecule has 0 radical (unpaired) electrons. The number of nitrogens with one attached hydrogen (secondary N) is 3. The van der Waals surface area contributed by atoms with Gasteiger partial charge in [-0.3, -0.25) is 14.9 Å². The summed E-state index contributed by atoms with van der Waals surface area (Å²) in [4.78, 5) is 29.9. The summed E-state index contributed by atoms with van der Waals surface area (Å²) in [5.41, 5.74) is 8.00. The highest BCUT2D eigenvalue weighted by Gasteiger charge is 2.21. The molecule has 1 saturated carbocycles. The van der Waals surface area contributed by atoms with Crippen LogP contribution in [0, 0.1) is 5.92 Å². The number of carbonyl (C=O) groups excluding carboxylic acids is 1. The molecule has 1 fully saturated rings. The smallest absolute Gasteiger partial charge is 0.227 e. The summed E-state index contributed by atoms with van der Waals surface area (Å²) in [6, 6.07) is 12.2. The number of pyridine rings is 2. The quantitative estimate of drug-likeness (QED) is 0.232. The molecular weight excluding hydrogens is 494 g/mol. The van der Waals surface area contributed by atoms with Crippen LogP contribution in [0.5, 0.6) is 0 Å². The van der Waals surface area contributed by atoms with Crippen LogP contribution >= 0.6 is 11.3 Å². The van der Waals surface area contributed by atoms with Crippen molar-refractivity contribution in [2.45, 2.75) is 32.1 Å². The van der Waals surface area contributed by atoms with Gasteiger partial charge in [0, 0.05) is 34.8 Å². The highest BCUT2D eigenvalue weighted by Crippen LogP contribution is 2.33. The summed E-state index contributed by atoms with van der Waals surface area (Å²) in [5.74, 6) is 0.845. The van der Waals surface area contributed by atoms with Gasteiger partial charge in [-0.1, -0.05) is 25.3 Å². The molecule has 9 heteroatoms. The third kappa shape index (κ3) is 4.14. The molecule has 1 aromatic carbocycles. The molecule has 188 valence electrons. The van der Waals surface area contributed by atoms with Crippen molar-refractivity contribution in [3.05, 3.63) is 65.7 Å². The second-order valence-corrected chi connectivity index (χ2v) is 10.6. The van der Waals surface area contributed by atoms with Crippen LogP contribution in [0.2, 0.25) is 0 Å². The number of H-pyrrole nitrogens is 2. The van der Waals surface area contributed by atoms with E-state index in [9.17, 15) is 4.79 Å². The van der Waals surface area contributed by atoms with E-state index in [1.165, 1.54) is 6.42 Å². The van der Waals surface area contributed by atoms with Crippen LogP contribution in [-0.2, 0) is 4.79 Å². The fraction of sp³-hybridized carbons (Fsp3) is 0.207. The third-order valence-electron chi connectivity index (χ3n) is 7.33. The fourth-order valence-electron chi connectivity index (χ4n) is 5.33. The molecule has 0 aliphatic heterocycles. The van der Waals surface area contributed by atoms with E-state index in [1.54, 1.807) is 23.7 Å². The molecule has 5 heterocycles. The molecule has 3 N–H and O–H groups in total. The maximum absolute atomic E-state index is 12.8. The third-order valence-corrected chi connectivity index (χ3v) is 8.01. The van der Waals surface area contributed by atoms with Gasteiger partial charge in [0.2, 0.25) is 5.91 Å². The van der Waals surface area contributed by atoms with E-state index < -0.39 is 0 Å². The largest absolute Gasteiger partial charge is 0.335 e. The van der Waals surface area contributed by atoms with E-state index in [0.717, 1.165) is 75.7 Å². The van der Waals surface area contributed by atoms with Crippen molar-refractivity contribution in [3.8, 4) is 33.8 Å². The van der Waals surface area contributed by atoms with Crippen LogP contribution in [0.15, 0.2) is 65.7 Å². The standard InChI is InChI=1S/C29H25N7OS/c37-29(17-4-2-1-3-5-17)32-21-12-20(14-30-15-21)18-6-7-24-23(13-18)26(36-35-24)28-33-25-22(19-9-11-38-16-19)8-10-31-27(25)34-28/h6-17H,1-5H2,(H,32,37)(H,35,36)(H,31,33,34). The SMILES string of the molecule is O=C(Nc1cncc(-c2ccc3[nH]nc(-c4nc5nccc(-c6ccsc6)c5[nH]4)c3c2)c1)C1CCCCC1. The van der Waals surface area contributed by atoms with E-state index in [-0.39, 0.29) is 11.8 Å². The maximum atomic E-state index is 12.8. The molecule has 8 nitrogen and oxygen atoms in total. The number of nitrogens with zero attached hydrogens (tertiary/aromatic N) is 4. The first-order valence-corrected chi connectivity index (χ1v) is 13.8. The normalized spacial score (nSPS) is 14.3. The lowest BCUT2D eigenvalue weighted by Crippen LogP contribution is -2.24. The van der Waals surface area contributed by atoms with Crippen molar-refractivity contribution >= 4 is 45.0 Å².